The standard InChI is InChI=1S/C13H17N3/c1-13(2,3)8-11-4-6-12(7-5-11)16-10-14-9-15-16/h4-7,9-10H,8H2,1-3H3. The minimum absolute atomic E-state index is 0.328. The maximum absolute atomic E-state index is 4.10. The SMILES string of the molecule is CC(C)(C)Cc1ccc(-n2cncn2)cc1. The summed E-state index contributed by atoms with van der Waals surface area (Å²) in [5.74, 6) is 0. The third kappa shape index (κ3) is 2.69. The average molecular weight is 215 g/mol. The van der Waals surface area contributed by atoms with Crippen LogP contribution in [-0.4, -0.2) is 14.8 Å². The highest BCUT2D eigenvalue weighted by Crippen LogP contribution is 2.21. The fourth-order valence-electron chi connectivity index (χ4n) is 1.72. The first-order chi connectivity index (χ1) is 7.54. The highest BCUT2D eigenvalue weighted by Gasteiger charge is 2.10. The highest BCUT2D eigenvalue weighted by atomic mass is 15.3. The van der Waals surface area contributed by atoms with E-state index in [0.29, 0.717) is 5.41 Å². The largest absolute Gasteiger partial charge is 0.223 e. The molecule has 1 aromatic heterocycles. The van der Waals surface area contributed by atoms with Gasteiger partial charge < -0.3 is 0 Å². The molecule has 0 aliphatic carbocycles. The van der Waals surface area contributed by atoms with Gasteiger partial charge in [-0.1, -0.05) is 32.9 Å². The summed E-state index contributed by atoms with van der Waals surface area (Å²) in [5.41, 5.74) is 2.74. The molecule has 16 heavy (non-hydrogen) atoms. The average Bonchev–Trinajstić information content (AvgIpc) is 2.69. The van der Waals surface area contributed by atoms with Gasteiger partial charge in [0.25, 0.3) is 0 Å². The first-order valence-electron chi connectivity index (χ1n) is 5.48. The Morgan fingerprint density at radius 1 is 1.12 bits per heavy atom. The lowest BCUT2D eigenvalue weighted by Gasteiger charge is -2.18. The van der Waals surface area contributed by atoms with Gasteiger partial charge in [-0.3, -0.25) is 0 Å². The molecule has 0 aliphatic rings. The Labute approximate surface area is 96.1 Å². The minimum atomic E-state index is 0.328. The third-order valence-corrected chi connectivity index (χ3v) is 2.35. The summed E-state index contributed by atoms with van der Waals surface area (Å²) in [5, 5.41) is 4.10. The van der Waals surface area contributed by atoms with Gasteiger partial charge in [-0.05, 0) is 29.5 Å². The molecule has 0 saturated heterocycles. The quantitative estimate of drug-likeness (QED) is 0.771. The van der Waals surface area contributed by atoms with Crippen molar-refractivity contribution in [3.05, 3.63) is 42.5 Å². The van der Waals surface area contributed by atoms with Crippen LogP contribution in [0.15, 0.2) is 36.9 Å². The van der Waals surface area contributed by atoms with Gasteiger partial charge in [-0.25, -0.2) is 9.67 Å². The molecule has 1 heterocycles. The second-order valence-corrected chi connectivity index (χ2v) is 5.24. The lowest BCUT2D eigenvalue weighted by atomic mass is 9.88. The molecule has 0 N–H and O–H groups in total. The van der Waals surface area contributed by atoms with Crippen molar-refractivity contribution < 1.29 is 0 Å². The van der Waals surface area contributed by atoms with Gasteiger partial charge in [-0.2, -0.15) is 5.10 Å². The van der Waals surface area contributed by atoms with Crippen molar-refractivity contribution in [2.45, 2.75) is 27.2 Å². The minimum Gasteiger partial charge on any atom is -0.223 e. The van der Waals surface area contributed by atoms with E-state index in [2.05, 4.69) is 55.1 Å². The smallest absolute Gasteiger partial charge is 0.138 e. The highest BCUT2D eigenvalue weighted by molar-refractivity contribution is 5.33. The van der Waals surface area contributed by atoms with Gasteiger partial charge in [0.2, 0.25) is 0 Å². The summed E-state index contributed by atoms with van der Waals surface area (Å²) in [7, 11) is 0. The predicted octanol–water partition coefficient (Wildman–Crippen LogP) is 2.86. The predicted molar refractivity (Wildman–Crippen MR) is 64.5 cm³/mol. The summed E-state index contributed by atoms with van der Waals surface area (Å²) in [6.45, 7) is 6.75. The Morgan fingerprint density at radius 3 is 2.31 bits per heavy atom. The Bertz CT molecular complexity index is 435. The van der Waals surface area contributed by atoms with Gasteiger partial charge in [0.1, 0.15) is 12.7 Å². The lowest BCUT2D eigenvalue weighted by Crippen LogP contribution is -2.09. The van der Waals surface area contributed by atoms with E-state index in [1.54, 1.807) is 17.3 Å². The molecule has 0 amide bonds. The van der Waals surface area contributed by atoms with Crippen LogP contribution < -0.4 is 0 Å². The molecule has 0 saturated carbocycles. The summed E-state index contributed by atoms with van der Waals surface area (Å²) < 4.78 is 1.76. The van der Waals surface area contributed by atoms with E-state index >= 15 is 0 Å². The fourth-order valence-corrected chi connectivity index (χ4v) is 1.72. The molecule has 84 valence electrons. The Balaban J connectivity index is 2.17. The molecular weight excluding hydrogens is 198 g/mol. The first kappa shape index (κ1) is 10.9. The lowest BCUT2D eigenvalue weighted by molar-refractivity contribution is 0.411. The van der Waals surface area contributed by atoms with Crippen LogP contribution in [0.25, 0.3) is 5.69 Å². The van der Waals surface area contributed by atoms with Crippen LogP contribution in [0.5, 0.6) is 0 Å². The zero-order chi connectivity index (χ0) is 11.6. The number of benzene rings is 1. The molecule has 0 aliphatic heterocycles. The molecule has 3 nitrogen and oxygen atoms in total. The molecule has 3 heteroatoms. The second kappa shape index (κ2) is 4.08. The van der Waals surface area contributed by atoms with Gasteiger partial charge in [0.05, 0.1) is 5.69 Å². The van der Waals surface area contributed by atoms with Crippen molar-refractivity contribution in [1.82, 2.24) is 14.8 Å². The van der Waals surface area contributed by atoms with E-state index in [0.717, 1.165) is 12.1 Å². The zero-order valence-corrected chi connectivity index (χ0v) is 10.0. The van der Waals surface area contributed by atoms with Crippen LogP contribution in [0, 0.1) is 5.41 Å². The number of hydrogen-bond acceptors (Lipinski definition) is 2. The van der Waals surface area contributed by atoms with Crippen LogP contribution in [0.3, 0.4) is 0 Å². The van der Waals surface area contributed by atoms with Crippen molar-refractivity contribution in [2.24, 2.45) is 5.41 Å². The van der Waals surface area contributed by atoms with Gasteiger partial charge >= 0.3 is 0 Å². The maximum atomic E-state index is 4.10. The Kier molecular flexibility index (Phi) is 2.77. The molecule has 0 fully saturated rings. The van der Waals surface area contributed by atoms with Gasteiger partial charge in [0, 0.05) is 0 Å². The van der Waals surface area contributed by atoms with E-state index < -0.39 is 0 Å². The van der Waals surface area contributed by atoms with Crippen LogP contribution in [-0.2, 0) is 6.42 Å². The molecule has 0 radical (unpaired) electrons. The topological polar surface area (TPSA) is 30.7 Å². The van der Waals surface area contributed by atoms with Crippen molar-refractivity contribution in [3.63, 3.8) is 0 Å². The van der Waals surface area contributed by atoms with E-state index in [1.165, 1.54) is 5.56 Å². The summed E-state index contributed by atoms with van der Waals surface area (Å²) >= 11 is 0. The second-order valence-electron chi connectivity index (χ2n) is 5.24. The van der Waals surface area contributed by atoms with Crippen LogP contribution in [0.2, 0.25) is 0 Å². The molecule has 0 atom stereocenters. The number of aromatic nitrogens is 3. The normalized spacial score (nSPS) is 11.7. The summed E-state index contributed by atoms with van der Waals surface area (Å²) in [6.07, 6.45) is 4.34. The zero-order valence-electron chi connectivity index (χ0n) is 10.0. The van der Waals surface area contributed by atoms with E-state index in [4.69, 9.17) is 0 Å². The van der Waals surface area contributed by atoms with Crippen LogP contribution in [0.4, 0.5) is 0 Å². The number of hydrogen-bond donors (Lipinski definition) is 0. The maximum Gasteiger partial charge on any atom is 0.138 e. The molecule has 2 rings (SSSR count). The summed E-state index contributed by atoms with van der Waals surface area (Å²) in [4.78, 5) is 3.93. The fraction of sp³-hybridized carbons (Fsp3) is 0.385. The van der Waals surface area contributed by atoms with Gasteiger partial charge in [-0.15, -0.1) is 0 Å². The van der Waals surface area contributed by atoms with E-state index in [9.17, 15) is 0 Å². The van der Waals surface area contributed by atoms with Crippen molar-refractivity contribution in [1.29, 1.82) is 0 Å². The number of nitrogens with zero attached hydrogens (tertiary/aromatic N) is 3. The van der Waals surface area contributed by atoms with E-state index in [-0.39, 0.29) is 0 Å². The third-order valence-electron chi connectivity index (χ3n) is 2.35. The molecular formula is C13H17N3. The molecule has 2 aromatic rings. The molecule has 0 spiro atoms. The Hall–Kier alpha value is -1.64. The summed E-state index contributed by atoms with van der Waals surface area (Å²) in [6, 6.07) is 8.47. The molecule has 1 aromatic carbocycles. The van der Waals surface area contributed by atoms with Crippen LogP contribution in [0.1, 0.15) is 26.3 Å². The monoisotopic (exact) mass is 215 g/mol. The van der Waals surface area contributed by atoms with Gasteiger partial charge in [0.15, 0.2) is 0 Å². The van der Waals surface area contributed by atoms with Crippen molar-refractivity contribution >= 4 is 0 Å². The Morgan fingerprint density at radius 2 is 1.81 bits per heavy atom. The van der Waals surface area contributed by atoms with E-state index in [1.807, 2.05) is 0 Å². The molecule has 0 unspecified atom stereocenters. The first-order valence-corrected chi connectivity index (χ1v) is 5.48. The van der Waals surface area contributed by atoms with Crippen molar-refractivity contribution in [3.8, 4) is 5.69 Å². The molecule has 0 bridgehead atoms. The van der Waals surface area contributed by atoms with Crippen molar-refractivity contribution in [2.75, 3.05) is 0 Å². The number of rotatable bonds is 2. The van der Waals surface area contributed by atoms with Crippen LogP contribution >= 0.6 is 0 Å².